The molecule has 2 aromatic heterocycles. The molecule has 0 spiro atoms. The first-order chi connectivity index (χ1) is 14.0. The second-order valence-corrected chi connectivity index (χ2v) is 8.14. The van der Waals surface area contributed by atoms with Crippen molar-refractivity contribution in [3.05, 3.63) is 60.2 Å². The summed E-state index contributed by atoms with van der Waals surface area (Å²) in [6.45, 7) is 0.674. The fourth-order valence-electron chi connectivity index (χ4n) is 3.09. The normalized spacial score (nSPS) is 13.7. The summed E-state index contributed by atoms with van der Waals surface area (Å²) in [5.74, 6) is -0.769. The Kier molecular flexibility index (Phi) is 5.56. The van der Waals surface area contributed by atoms with E-state index >= 15 is 0 Å². The van der Waals surface area contributed by atoms with Crippen molar-refractivity contribution in [1.82, 2.24) is 13.9 Å². The fourth-order valence-corrected chi connectivity index (χ4v) is 4.67. The van der Waals surface area contributed by atoms with E-state index in [1.54, 1.807) is 0 Å². The highest BCUT2D eigenvalue weighted by molar-refractivity contribution is 7.89. The third-order valence-corrected chi connectivity index (χ3v) is 6.33. The molecule has 1 atom stereocenters. The first kappa shape index (κ1) is 21.7. The van der Waals surface area contributed by atoms with E-state index in [1.807, 2.05) is 0 Å². The third kappa shape index (κ3) is 3.87. The molecule has 160 valence electrons. The van der Waals surface area contributed by atoms with Gasteiger partial charge in [0, 0.05) is 18.9 Å². The number of aromatic nitrogens is 2. The molecule has 3 aromatic rings. The summed E-state index contributed by atoms with van der Waals surface area (Å²) in [4.78, 5) is 14.5. The highest BCUT2D eigenvalue weighted by Gasteiger charge is 2.48. The summed E-state index contributed by atoms with van der Waals surface area (Å²) in [6.07, 6.45) is -4.40. The lowest BCUT2D eigenvalue weighted by atomic mass is 10.1. The maximum Gasteiger partial charge on any atom is 0.416 e. The molecule has 0 unspecified atom stereocenters. The summed E-state index contributed by atoms with van der Waals surface area (Å²) in [5.41, 5.74) is -0.396. The average molecular weight is 445 g/mol. The van der Waals surface area contributed by atoms with Gasteiger partial charge in [-0.05, 0) is 29.8 Å². The van der Waals surface area contributed by atoms with Crippen LogP contribution in [0.5, 0.6) is 0 Å². The molecular formula is C18H15F4N3O4S. The lowest BCUT2D eigenvalue weighted by Crippen LogP contribution is -2.42. The zero-order chi connectivity index (χ0) is 22.3. The van der Waals surface area contributed by atoms with Crippen molar-refractivity contribution in [3.63, 3.8) is 0 Å². The molecule has 30 heavy (non-hydrogen) atoms. The van der Waals surface area contributed by atoms with Crippen molar-refractivity contribution in [2.45, 2.75) is 24.0 Å². The average Bonchev–Trinajstić information content (AvgIpc) is 3.09. The van der Waals surface area contributed by atoms with Crippen molar-refractivity contribution < 1.29 is 35.9 Å². The summed E-state index contributed by atoms with van der Waals surface area (Å²) in [7, 11) is -4.75. The Morgan fingerprint density at radius 1 is 1.23 bits per heavy atom. The fraction of sp³-hybridized carbons (Fsp3) is 0.222. The lowest BCUT2D eigenvalue weighted by molar-refractivity contribution is -0.173. The molecule has 0 bridgehead atoms. The van der Waals surface area contributed by atoms with Crippen LogP contribution in [0.25, 0.3) is 11.0 Å². The molecule has 7 nitrogen and oxygen atoms in total. The molecule has 3 rings (SSSR count). The van der Waals surface area contributed by atoms with Crippen molar-refractivity contribution in [2.75, 3.05) is 6.54 Å². The van der Waals surface area contributed by atoms with E-state index < -0.39 is 51.2 Å². The zero-order valence-electron chi connectivity index (χ0n) is 15.3. The second-order valence-electron chi connectivity index (χ2n) is 6.25. The van der Waals surface area contributed by atoms with Crippen LogP contribution in [0.4, 0.5) is 22.4 Å². The molecular weight excluding hydrogens is 430 g/mol. The molecule has 1 N–H and O–H groups in total. The summed E-state index contributed by atoms with van der Waals surface area (Å²) >= 11 is 0. The maximum absolute atomic E-state index is 13.9. The van der Waals surface area contributed by atoms with Gasteiger partial charge in [0.15, 0.2) is 0 Å². The number of fused-ring (bicyclic) bond motifs is 1. The van der Waals surface area contributed by atoms with E-state index in [0.29, 0.717) is 4.57 Å². The molecule has 0 saturated heterocycles. The van der Waals surface area contributed by atoms with Crippen LogP contribution in [0.1, 0.15) is 18.5 Å². The number of hydrogen-bond acceptors (Lipinski definition) is 4. The summed E-state index contributed by atoms with van der Waals surface area (Å²) in [6, 6.07) is 3.05. The standard InChI is InChI=1S/C18H15F4N3O4S/c1-2-25(16(18(20,21)22)11-3-5-12(19)6-4-11)30(28,29)13-9-15-14(23-10-13)7-8-24(15)17(26)27/h3-10,16H,2H2,1H3,(H,26,27)/t16-/m1/s1. The predicted molar refractivity (Wildman–Crippen MR) is 97.9 cm³/mol. The minimum absolute atomic E-state index is 0.0926. The first-order valence-electron chi connectivity index (χ1n) is 8.51. The lowest BCUT2D eigenvalue weighted by Gasteiger charge is -2.31. The van der Waals surface area contributed by atoms with E-state index in [9.17, 15) is 35.9 Å². The number of rotatable bonds is 5. The number of nitrogens with zero attached hydrogens (tertiary/aromatic N) is 3. The van der Waals surface area contributed by atoms with Crippen LogP contribution in [0.15, 0.2) is 53.7 Å². The molecule has 0 amide bonds. The number of carbonyl (C=O) groups is 1. The van der Waals surface area contributed by atoms with Gasteiger partial charge in [-0.2, -0.15) is 17.5 Å². The van der Waals surface area contributed by atoms with Gasteiger partial charge < -0.3 is 5.11 Å². The summed E-state index contributed by atoms with van der Waals surface area (Å²) in [5, 5.41) is 9.18. The highest BCUT2D eigenvalue weighted by Crippen LogP contribution is 2.40. The Labute approximate surface area is 168 Å². The van der Waals surface area contributed by atoms with Crippen LogP contribution in [0.3, 0.4) is 0 Å². The van der Waals surface area contributed by atoms with Crippen LogP contribution < -0.4 is 0 Å². The SMILES string of the molecule is CCN([C@H](c1ccc(F)cc1)C(F)(F)F)S(=O)(=O)c1cnc2ccn(C(=O)O)c2c1. The van der Waals surface area contributed by atoms with Crippen LogP contribution in [0, 0.1) is 5.82 Å². The Morgan fingerprint density at radius 3 is 2.40 bits per heavy atom. The van der Waals surface area contributed by atoms with Crippen LogP contribution in [-0.2, 0) is 10.0 Å². The predicted octanol–water partition coefficient (Wildman–Crippen LogP) is 4.02. The highest BCUT2D eigenvalue weighted by atomic mass is 32.2. The van der Waals surface area contributed by atoms with Crippen molar-refractivity contribution >= 4 is 27.1 Å². The molecule has 0 aliphatic heterocycles. The van der Waals surface area contributed by atoms with Crippen LogP contribution in [-0.4, -0.2) is 46.2 Å². The van der Waals surface area contributed by atoms with Gasteiger partial charge in [-0.25, -0.2) is 17.6 Å². The molecule has 0 radical (unpaired) electrons. The molecule has 1 aromatic carbocycles. The van der Waals surface area contributed by atoms with Gasteiger partial charge in [-0.15, -0.1) is 0 Å². The zero-order valence-corrected chi connectivity index (χ0v) is 16.2. The maximum atomic E-state index is 13.9. The molecule has 12 heteroatoms. The Morgan fingerprint density at radius 2 is 1.87 bits per heavy atom. The van der Waals surface area contributed by atoms with Crippen molar-refractivity contribution in [2.24, 2.45) is 0 Å². The van der Waals surface area contributed by atoms with Crippen molar-refractivity contribution in [3.8, 4) is 0 Å². The molecule has 2 heterocycles. The quantitative estimate of drug-likeness (QED) is 0.599. The molecule has 0 aliphatic rings. The number of benzene rings is 1. The largest absolute Gasteiger partial charge is 0.464 e. The van der Waals surface area contributed by atoms with E-state index in [1.165, 1.54) is 13.0 Å². The summed E-state index contributed by atoms with van der Waals surface area (Å²) < 4.78 is 81.9. The van der Waals surface area contributed by atoms with Gasteiger partial charge in [0.25, 0.3) is 0 Å². The minimum Gasteiger partial charge on any atom is -0.464 e. The number of halogens is 4. The van der Waals surface area contributed by atoms with E-state index in [2.05, 4.69) is 4.98 Å². The number of carboxylic acid groups (broad SMARTS) is 1. The van der Waals surface area contributed by atoms with Gasteiger partial charge >= 0.3 is 12.3 Å². The first-order valence-corrected chi connectivity index (χ1v) is 9.95. The number of sulfonamides is 1. The van der Waals surface area contributed by atoms with Crippen LogP contribution in [0.2, 0.25) is 0 Å². The minimum atomic E-state index is -5.00. The van der Waals surface area contributed by atoms with Crippen LogP contribution >= 0.6 is 0 Å². The number of alkyl halides is 3. The topological polar surface area (TPSA) is 92.5 Å². The van der Waals surface area contributed by atoms with Crippen molar-refractivity contribution in [1.29, 1.82) is 0 Å². The van der Waals surface area contributed by atoms with E-state index in [0.717, 1.165) is 42.7 Å². The van der Waals surface area contributed by atoms with Gasteiger partial charge in [0.05, 0.1) is 11.0 Å². The Bertz CT molecular complexity index is 1190. The smallest absolute Gasteiger partial charge is 0.416 e. The molecule has 0 aliphatic carbocycles. The van der Waals surface area contributed by atoms with E-state index in [4.69, 9.17) is 0 Å². The number of pyridine rings is 1. The van der Waals surface area contributed by atoms with Gasteiger partial charge in [-0.1, -0.05) is 19.1 Å². The molecule has 0 fully saturated rings. The Hall–Kier alpha value is -2.99. The second kappa shape index (κ2) is 7.69. The van der Waals surface area contributed by atoms with Gasteiger partial charge in [0.2, 0.25) is 10.0 Å². The monoisotopic (exact) mass is 445 g/mol. The van der Waals surface area contributed by atoms with Gasteiger partial charge in [-0.3, -0.25) is 9.55 Å². The number of hydrogen-bond donors (Lipinski definition) is 1. The van der Waals surface area contributed by atoms with Gasteiger partial charge in [0.1, 0.15) is 16.8 Å². The van der Waals surface area contributed by atoms with E-state index in [-0.39, 0.29) is 15.3 Å². The third-order valence-electron chi connectivity index (χ3n) is 4.42. The molecule has 0 saturated carbocycles. The Balaban J connectivity index is 2.15.